The molecule has 5 rings (SSSR count). The summed E-state index contributed by atoms with van der Waals surface area (Å²) in [6, 6.07) is 4.98. The van der Waals surface area contributed by atoms with Crippen LogP contribution in [-0.4, -0.2) is 56.1 Å². The monoisotopic (exact) mass is 702 g/mol. The second-order valence-corrected chi connectivity index (χ2v) is 12.7. The Balaban J connectivity index is 1.94. The Labute approximate surface area is 284 Å². The number of nitriles is 1. The molecular formula is C32H27Cl4FN6O3. The van der Waals surface area contributed by atoms with Crippen LogP contribution >= 0.6 is 46.4 Å². The first-order valence-electron chi connectivity index (χ1n) is 14.1. The third kappa shape index (κ3) is 5.35. The van der Waals surface area contributed by atoms with Crippen molar-refractivity contribution in [3.8, 4) is 28.8 Å². The van der Waals surface area contributed by atoms with Crippen LogP contribution < -0.4 is 10.5 Å². The summed E-state index contributed by atoms with van der Waals surface area (Å²) in [5.41, 5.74) is 0.378. The maximum absolute atomic E-state index is 15.7. The zero-order valence-electron chi connectivity index (χ0n) is 25.1. The van der Waals surface area contributed by atoms with Crippen molar-refractivity contribution in [1.29, 1.82) is 5.26 Å². The largest absolute Gasteiger partial charge is 0.505 e. The summed E-state index contributed by atoms with van der Waals surface area (Å²) in [7, 11) is 0. The van der Waals surface area contributed by atoms with Crippen LogP contribution in [-0.2, 0) is 4.79 Å². The minimum absolute atomic E-state index is 0.0229. The number of rotatable bonds is 5. The predicted octanol–water partition coefficient (Wildman–Crippen LogP) is 7.43. The third-order valence-electron chi connectivity index (χ3n) is 7.99. The summed E-state index contributed by atoms with van der Waals surface area (Å²) in [6.45, 7) is 11.9. The molecule has 3 aromatic heterocycles. The van der Waals surface area contributed by atoms with Crippen molar-refractivity contribution >= 4 is 69.0 Å². The van der Waals surface area contributed by atoms with Gasteiger partial charge in [-0.25, -0.2) is 9.37 Å². The van der Waals surface area contributed by atoms with E-state index in [9.17, 15) is 20.0 Å². The van der Waals surface area contributed by atoms with Gasteiger partial charge >= 0.3 is 0 Å². The van der Waals surface area contributed by atoms with Gasteiger partial charge in [0.1, 0.15) is 22.3 Å². The van der Waals surface area contributed by atoms with Gasteiger partial charge < -0.3 is 14.9 Å². The van der Waals surface area contributed by atoms with Crippen LogP contribution in [0.2, 0.25) is 20.1 Å². The molecule has 1 atom stereocenters. The Bertz CT molecular complexity index is 2030. The summed E-state index contributed by atoms with van der Waals surface area (Å²) in [5.74, 6) is -2.14. The maximum atomic E-state index is 15.7. The number of aryl methyl sites for hydroxylation is 1. The van der Waals surface area contributed by atoms with Crippen molar-refractivity contribution in [2.24, 2.45) is 0 Å². The fourth-order valence-corrected chi connectivity index (χ4v) is 6.72. The molecule has 4 aromatic rings. The number of anilines is 1. The zero-order chi connectivity index (χ0) is 33.8. The third-order valence-corrected chi connectivity index (χ3v) is 9.47. The Hall–Kier alpha value is -3.88. The second-order valence-electron chi connectivity index (χ2n) is 11.2. The lowest BCUT2D eigenvalue weighted by Gasteiger charge is -2.41. The number of benzene rings is 1. The molecule has 0 saturated carbocycles. The van der Waals surface area contributed by atoms with Crippen molar-refractivity contribution in [3.63, 3.8) is 0 Å². The number of aromatic hydroxyl groups is 1. The van der Waals surface area contributed by atoms with E-state index >= 15 is 4.39 Å². The number of amides is 1. The van der Waals surface area contributed by atoms with Crippen molar-refractivity contribution in [2.75, 3.05) is 24.5 Å². The van der Waals surface area contributed by atoms with E-state index < -0.39 is 37.8 Å². The van der Waals surface area contributed by atoms with Gasteiger partial charge in [-0.1, -0.05) is 66.8 Å². The molecule has 1 fully saturated rings. The Morgan fingerprint density at radius 3 is 2.50 bits per heavy atom. The highest BCUT2D eigenvalue weighted by Crippen LogP contribution is 2.48. The predicted molar refractivity (Wildman–Crippen MR) is 179 cm³/mol. The Kier molecular flexibility index (Phi) is 9.26. The molecule has 1 aromatic carbocycles. The average Bonchev–Trinajstić information content (AvgIpc) is 3.02. The Morgan fingerprint density at radius 2 is 1.89 bits per heavy atom. The molecule has 1 amide bonds. The number of hydrogen-bond acceptors (Lipinski definition) is 7. The molecule has 0 radical (unpaired) electrons. The number of hydrogen-bond donors (Lipinski definition) is 1. The normalized spacial score (nSPS) is 15.0. The number of carbonyl (C=O) groups excluding carboxylic acids is 1. The van der Waals surface area contributed by atoms with Gasteiger partial charge in [0.2, 0.25) is 5.91 Å². The standard InChI is InChI=1S/C32H27Cl4FN6O3/c1-6-20(44)42-10-9-41(13-16(42)5)29-17-11-19(33)27(21-22(34)30(45)24(36)23(35)25(21)37)40-31(17)43(32(46)18(29)12-38)28-15(4)7-8-39-26(28)14(2)3/h6-8,11,14,16,45H,1,9-10,13H2,2-5H3/t16-/m1/s1. The molecule has 0 spiro atoms. The zero-order valence-corrected chi connectivity index (χ0v) is 28.2. The van der Waals surface area contributed by atoms with E-state index in [0.29, 0.717) is 28.9 Å². The summed E-state index contributed by atoms with van der Waals surface area (Å²) >= 11 is 25.2. The summed E-state index contributed by atoms with van der Waals surface area (Å²) in [5, 5.41) is 19.6. The number of nitrogens with zero attached hydrogens (tertiary/aromatic N) is 6. The van der Waals surface area contributed by atoms with Crippen molar-refractivity contribution in [3.05, 3.63) is 84.1 Å². The van der Waals surface area contributed by atoms with E-state index in [4.69, 9.17) is 51.4 Å². The van der Waals surface area contributed by atoms with Gasteiger partial charge in [-0.05, 0) is 43.5 Å². The molecule has 1 aliphatic heterocycles. The van der Waals surface area contributed by atoms with Crippen LogP contribution in [0, 0.1) is 24.1 Å². The number of halogens is 5. The van der Waals surface area contributed by atoms with E-state index in [1.165, 1.54) is 16.7 Å². The topological polar surface area (TPSA) is 115 Å². The molecular weight excluding hydrogens is 677 g/mol. The molecule has 1 aliphatic rings. The molecule has 1 saturated heterocycles. The molecule has 0 aliphatic carbocycles. The van der Waals surface area contributed by atoms with Gasteiger partial charge in [0.25, 0.3) is 5.56 Å². The van der Waals surface area contributed by atoms with Crippen LogP contribution in [0.4, 0.5) is 10.1 Å². The fourth-order valence-electron chi connectivity index (χ4n) is 5.80. The number of carbonyl (C=O) groups is 1. The van der Waals surface area contributed by atoms with Gasteiger partial charge in [0.15, 0.2) is 11.6 Å². The minimum Gasteiger partial charge on any atom is -0.505 e. The summed E-state index contributed by atoms with van der Waals surface area (Å²) < 4.78 is 17.0. The van der Waals surface area contributed by atoms with Gasteiger partial charge in [0.05, 0.1) is 43.4 Å². The number of phenols is 1. The maximum Gasteiger partial charge on any atom is 0.276 e. The fraction of sp³-hybridized carbons (Fsp3) is 0.281. The number of pyridine rings is 3. The number of fused-ring (bicyclic) bond motifs is 1. The lowest BCUT2D eigenvalue weighted by atomic mass is 10.0. The van der Waals surface area contributed by atoms with E-state index in [0.717, 1.165) is 0 Å². The molecule has 1 N–H and O–H groups in total. The molecule has 0 bridgehead atoms. The average molecular weight is 704 g/mol. The highest BCUT2D eigenvalue weighted by molar-refractivity contribution is 6.46. The van der Waals surface area contributed by atoms with Crippen molar-refractivity contribution < 1.29 is 14.3 Å². The SMILES string of the molecule is C=CC(=O)N1CCN(c2c(C#N)c(=O)n(-c3c(C)ccnc3C(C)C)c3nc(-c4c(F)c(Cl)c(Cl)c(O)c4Cl)c(Cl)cc23)C[C@H]1C. The van der Waals surface area contributed by atoms with Gasteiger partial charge in [-0.15, -0.1) is 0 Å². The summed E-state index contributed by atoms with van der Waals surface area (Å²) in [6.07, 6.45) is 2.86. The van der Waals surface area contributed by atoms with E-state index in [2.05, 4.69) is 17.6 Å². The Morgan fingerprint density at radius 1 is 1.20 bits per heavy atom. The van der Waals surface area contributed by atoms with E-state index in [-0.39, 0.29) is 58.6 Å². The number of phenolic OH excluding ortho intramolecular Hbond substituents is 1. The molecule has 4 heterocycles. The van der Waals surface area contributed by atoms with Crippen LogP contribution in [0.3, 0.4) is 0 Å². The quantitative estimate of drug-likeness (QED) is 0.131. The summed E-state index contributed by atoms with van der Waals surface area (Å²) in [4.78, 5) is 39.7. The van der Waals surface area contributed by atoms with Crippen molar-refractivity contribution in [1.82, 2.24) is 19.4 Å². The van der Waals surface area contributed by atoms with E-state index in [1.807, 2.05) is 25.7 Å². The molecule has 238 valence electrons. The van der Waals surface area contributed by atoms with Gasteiger partial charge in [-0.3, -0.25) is 19.1 Å². The van der Waals surface area contributed by atoms with Crippen LogP contribution in [0.5, 0.6) is 5.75 Å². The van der Waals surface area contributed by atoms with Crippen LogP contribution in [0.25, 0.3) is 28.0 Å². The smallest absolute Gasteiger partial charge is 0.276 e. The molecule has 46 heavy (non-hydrogen) atoms. The lowest BCUT2D eigenvalue weighted by Crippen LogP contribution is -2.54. The first-order valence-corrected chi connectivity index (χ1v) is 15.6. The highest BCUT2D eigenvalue weighted by Gasteiger charge is 2.33. The molecule has 0 unspecified atom stereocenters. The minimum atomic E-state index is -1.08. The number of aromatic nitrogens is 3. The first kappa shape index (κ1) is 33.5. The highest BCUT2D eigenvalue weighted by atomic mass is 35.5. The molecule has 9 nitrogen and oxygen atoms in total. The van der Waals surface area contributed by atoms with E-state index in [1.54, 1.807) is 24.1 Å². The van der Waals surface area contributed by atoms with Crippen molar-refractivity contribution in [2.45, 2.75) is 39.7 Å². The first-order chi connectivity index (χ1) is 21.7. The van der Waals surface area contributed by atoms with Crippen LogP contribution in [0.15, 0.2) is 35.8 Å². The van der Waals surface area contributed by atoms with Gasteiger partial charge in [-0.2, -0.15) is 5.26 Å². The lowest BCUT2D eigenvalue weighted by molar-refractivity contribution is -0.128. The second kappa shape index (κ2) is 12.7. The number of piperazine rings is 1. The molecule has 14 heteroatoms. The van der Waals surface area contributed by atoms with Gasteiger partial charge in [0, 0.05) is 37.3 Å². The van der Waals surface area contributed by atoms with Crippen LogP contribution in [0.1, 0.15) is 43.5 Å².